The SMILES string of the molecule is O=[N+]([O-])c1ccc(N=Nc2ccc(CCNCC[N+]34CCN(CC3)CC4)cc2)cc1. The van der Waals surface area contributed by atoms with Crippen molar-refractivity contribution in [2.45, 2.75) is 6.42 Å². The summed E-state index contributed by atoms with van der Waals surface area (Å²) in [5.41, 5.74) is 2.69. The fraction of sp³-hybridized carbons (Fsp3) is 0.455. The van der Waals surface area contributed by atoms with Gasteiger partial charge in [-0.3, -0.25) is 15.0 Å². The van der Waals surface area contributed by atoms with E-state index in [0.717, 1.165) is 25.2 Å². The van der Waals surface area contributed by atoms with Crippen molar-refractivity contribution in [1.82, 2.24) is 10.2 Å². The highest BCUT2D eigenvalue weighted by Crippen LogP contribution is 2.22. The predicted octanol–water partition coefficient (Wildman–Crippen LogP) is 3.29. The van der Waals surface area contributed by atoms with Gasteiger partial charge in [0, 0.05) is 38.3 Å². The van der Waals surface area contributed by atoms with Crippen LogP contribution in [0.1, 0.15) is 5.56 Å². The van der Waals surface area contributed by atoms with Crippen LogP contribution in [0.3, 0.4) is 0 Å². The number of nitrogens with zero attached hydrogens (tertiary/aromatic N) is 5. The topological polar surface area (TPSA) is 83.1 Å². The molecule has 1 N–H and O–H groups in total. The van der Waals surface area contributed by atoms with Crippen LogP contribution in [0.2, 0.25) is 0 Å². The molecule has 0 radical (unpaired) electrons. The molecule has 3 saturated heterocycles. The maximum absolute atomic E-state index is 10.7. The molecule has 0 amide bonds. The lowest BCUT2D eigenvalue weighted by Crippen LogP contribution is -2.68. The van der Waals surface area contributed by atoms with Crippen LogP contribution in [0.15, 0.2) is 58.8 Å². The van der Waals surface area contributed by atoms with Crippen molar-refractivity contribution >= 4 is 17.1 Å². The second kappa shape index (κ2) is 9.42. The van der Waals surface area contributed by atoms with E-state index in [1.165, 1.54) is 68.0 Å². The first-order valence-corrected chi connectivity index (χ1v) is 10.7. The van der Waals surface area contributed by atoms with Crippen LogP contribution in [0.25, 0.3) is 0 Å². The molecule has 3 aliphatic heterocycles. The predicted molar refractivity (Wildman–Crippen MR) is 116 cm³/mol. The molecule has 0 aromatic heterocycles. The summed E-state index contributed by atoms with van der Waals surface area (Å²) < 4.78 is 1.30. The molecule has 158 valence electrons. The van der Waals surface area contributed by atoms with Gasteiger partial charge in [0.1, 0.15) is 0 Å². The number of non-ortho nitro benzene ring substituents is 1. The van der Waals surface area contributed by atoms with E-state index >= 15 is 0 Å². The molecule has 0 saturated carbocycles. The number of nitro benzene ring substituents is 1. The number of hydrogen-bond donors (Lipinski definition) is 1. The van der Waals surface area contributed by atoms with Gasteiger partial charge in [0.05, 0.1) is 42.5 Å². The zero-order chi connectivity index (χ0) is 20.8. The molecule has 3 aliphatic rings. The lowest BCUT2D eigenvalue weighted by molar-refractivity contribution is -0.939. The van der Waals surface area contributed by atoms with Gasteiger partial charge in [-0.05, 0) is 42.8 Å². The Balaban J connectivity index is 1.18. The Labute approximate surface area is 177 Å². The molecule has 0 aliphatic carbocycles. The van der Waals surface area contributed by atoms with Gasteiger partial charge >= 0.3 is 0 Å². The summed E-state index contributed by atoms with van der Waals surface area (Å²) in [5, 5.41) is 22.6. The van der Waals surface area contributed by atoms with E-state index in [-0.39, 0.29) is 5.69 Å². The molecular formula is C22H29N6O2+. The first kappa shape index (κ1) is 20.6. The standard InChI is InChI=1S/C22H29N6O2/c29-27(30)22-7-5-21(6-8-22)25-24-20-3-1-19(2-4-20)9-10-23-11-15-28-16-12-26(13-17-28)14-18-28/h1-8,23H,9-18H2/q+1. The van der Waals surface area contributed by atoms with Crippen LogP contribution in [-0.4, -0.2) is 73.2 Å². The number of nitrogens with one attached hydrogen (secondary N) is 1. The third-order valence-corrected chi connectivity index (χ3v) is 6.30. The van der Waals surface area contributed by atoms with E-state index < -0.39 is 4.92 Å². The lowest BCUT2D eigenvalue weighted by atomic mass is 10.1. The number of azo groups is 1. The molecule has 3 heterocycles. The second-order valence-corrected chi connectivity index (χ2v) is 8.22. The third kappa shape index (κ3) is 5.27. The number of hydrogen-bond acceptors (Lipinski definition) is 6. The smallest absolute Gasteiger partial charge is 0.269 e. The Morgan fingerprint density at radius 2 is 1.47 bits per heavy atom. The lowest BCUT2D eigenvalue weighted by Gasteiger charge is -2.50. The molecule has 8 heteroatoms. The Hall–Kier alpha value is -2.68. The molecule has 2 aromatic carbocycles. The quantitative estimate of drug-likeness (QED) is 0.226. The molecule has 2 aromatic rings. The van der Waals surface area contributed by atoms with Gasteiger partial charge in [0.25, 0.3) is 5.69 Å². The van der Waals surface area contributed by atoms with E-state index in [0.29, 0.717) is 5.69 Å². The van der Waals surface area contributed by atoms with E-state index in [1.807, 2.05) is 12.1 Å². The van der Waals surface area contributed by atoms with Crippen molar-refractivity contribution < 1.29 is 9.41 Å². The van der Waals surface area contributed by atoms with Crippen molar-refractivity contribution in [3.05, 3.63) is 64.2 Å². The summed E-state index contributed by atoms with van der Waals surface area (Å²) in [4.78, 5) is 12.8. The van der Waals surface area contributed by atoms with Crippen molar-refractivity contribution in [1.29, 1.82) is 0 Å². The van der Waals surface area contributed by atoms with E-state index in [2.05, 4.69) is 32.6 Å². The molecule has 0 atom stereocenters. The summed E-state index contributed by atoms with van der Waals surface area (Å²) in [7, 11) is 0. The minimum atomic E-state index is -0.425. The van der Waals surface area contributed by atoms with E-state index in [4.69, 9.17) is 0 Å². The van der Waals surface area contributed by atoms with Gasteiger partial charge in [-0.15, -0.1) is 0 Å². The van der Waals surface area contributed by atoms with E-state index in [9.17, 15) is 10.1 Å². The number of benzene rings is 2. The number of piperazine rings is 3. The van der Waals surface area contributed by atoms with Crippen molar-refractivity contribution in [2.75, 3.05) is 58.9 Å². The van der Waals surface area contributed by atoms with Crippen molar-refractivity contribution in [3.8, 4) is 0 Å². The highest BCUT2D eigenvalue weighted by Gasteiger charge is 2.37. The molecule has 8 nitrogen and oxygen atoms in total. The Bertz CT molecular complexity index is 860. The second-order valence-electron chi connectivity index (χ2n) is 8.22. The van der Waals surface area contributed by atoms with Crippen LogP contribution in [0.5, 0.6) is 0 Å². The normalized spacial score (nSPS) is 23.1. The monoisotopic (exact) mass is 409 g/mol. The number of quaternary nitrogens is 1. The first-order chi connectivity index (χ1) is 14.6. The largest absolute Gasteiger partial charge is 0.319 e. The minimum Gasteiger partial charge on any atom is -0.319 e. The Kier molecular flexibility index (Phi) is 6.47. The highest BCUT2D eigenvalue weighted by molar-refractivity contribution is 5.45. The Morgan fingerprint density at radius 1 is 0.900 bits per heavy atom. The van der Waals surface area contributed by atoms with Gasteiger partial charge in [0.2, 0.25) is 0 Å². The average molecular weight is 410 g/mol. The Morgan fingerprint density at radius 3 is 2.03 bits per heavy atom. The minimum absolute atomic E-state index is 0.0506. The fourth-order valence-electron chi connectivity index (χ4n) is 4.23. The number of fused-ring (bicyclic) bond motifs is 3. The summed E-state index contributed by atoms with van der Waals surface area (Å²) in [6.45, 7) is 11.1. The van der Waals surface area contributed by atoms with Crippen molar-refractivity contribution in [3.63, 3.8) is 0 Å². The molecule has 30 heavy (non-hydrogen) atoms. The highest BCUT2D eigenvalue weighted by atomic mass is 16.6. The van der Waals surface area contributed by atoms with E-state index in [1.54, 1.807) is 12.1 Å². The third-order valence-electron chi connectivity index (χ3n) is 6.30. The van der Waals surface area contributed by atoms with Gasteiger partial charge < -0.3 is 9.80 Å². The molecule has 0 spiro atoms. The van der Waals surface area contributed by atoms with Gasteiger partial charge in [-0.2, -0.15) is 10.2 Å². The molecular weight excluding hydrogens is 380 g/mol. The zero-order valence-electron chi connectivity index (χ0n) is 17.2. The molecule has 3 fully saturated rings. The molecule has 5 rings (SSSR count). The average Bonchev–Trinajstić information content (AvgIpc) is 2.80. The summed E-state index contributed by atoms with van der Waals surface area (Å²) in [5.74, 6) is 0. The summed E-state index contributed by atoms with van der Waals surface area (Å²) >= 11 is 0. The summed E-state index contributed by atoms with van der Waals surface area (Å²) in [6, 6.07) is 14.1. The van der Waals surface area contributed by atoms with Gasteiger partial charge in [-0.1, -0.05) is 12.1 Å². The number of rotatable bonds is 9. The summed E-state index contributed by atoms with van der Waals surface area (Å²) in [6.07, 6.45) is 0.994. The van der Waals surface area contributed by atoms with Gasteiger partial charge in [0.15, 0.2) is 0 Å². The van der Waals surface area contributed by atoms with Crippen LogP contribution in [0, 0.1) is 10.1 Å². The van der Waals surface area contributed by atoms with Crippen LogP contribution in [-0.2, 0) is 6.42 Å². The first-order valence-electron chi connectivity index (χ1n) is 10.7. The fourth-order valence-corrected chi connectivity index (χ4v) is 4.23. The number of nitro groups is 1. The molecule has 2 bridgehead atoms. The maximum Gasteiger partial charge on any atom is 0.269 e. The van der Waals surface area contributed by atoms with Crippen molar-refractivity contribution in [2.24, 2.45) is 10.2 Å². The van der Waals surface area contributed by atoms with Gasteiger partial charge in [-0.25, -0.2) is 0 Å². The van der Waals surface area contributed by atoms with Crippen LogP contribution in [0.4, 0.5) is 17.1 Å². The maximum atomic E-state index is 10.7. The zero-order valence-corrected chi connectivity index (χ0v) is 17.2. The van der Waals surface area contributed by atoms with Crippen LogP contribution >= 0.6 is 0 Å². The molecule has 0 unspecified atom stereocenters. The van der Waals surface area contributed by atoms with Crippen LogP contribution < -0.4 is 5.32 Å².